The van der Waals surface area contributed by atoms with Gasteiger partial charge in [0.1, 0.15) is 23.9 Å². The van der Waals surface area contributed by atoms with Crippen LogP contribution in [0.5, 0.6) is 11.6 Å². The third kappa shape index (κ3) is 6.95. The van der Waals surface area contributed by atoms with E-state index >= 15 is 0 Å². The quantitative estimate of drug-likeness (QED) is 0.274. The lowest BCUT2D eigenvalue weighted by molar-refractivity contribution is -0.0529. The van der Waals surface area contributed by atoms with E-state index in [9.17, 15) is 13.6 Å². The van der Waals surface area contributed by atoms with Crippen LogP contribution in [-0.4, -0.2) is 81.9 Å². The molecule has 5 rings (SSSR count). The Balaban J connectivity index is 1.28. The van der Waals surface area contributed by atoms with E-state index in [0.717, 1.165) is 5.56 Å². The molecule has 1 aromatic carbocycles. The first kappa shape index (κ1) is 27.9. The number of rotatable bonds is 10. The van der Waals surface area contributed by atoms with Gasteiger partial charge in [0, 0.05) is 31.0 Å². The first-order valence-corrected chi connectivity index (χ1v) is 12.9. The SMILES string of the molecule is CC(Cn1cnnn1)Oc1cc(-c2cnc(Nc3cn(C4CCN(C(=O)O)CC4)nc3OC(F)F)nc2)ccc1Cl. The van der Waals surface area contributed by atoms with Gasteiger partial charge in [0.05, 0.1) is 23.8 Å². The molecular formula is C24H25ClF2N10O4. The Morgan fingerprint density at radius 1 is 1.20 bits per heavy atom. The van der Waals surface area contributed by atoms with Gasteiger partial charge in [-0.15, -0.1) is 10.2 Å². The van der Waals surface area contributed by atoms with E-state index in [1.165, 1.54) is 22.1 Å². The monoisotopic (exact) mass is 590 g/mol. The zero-order valence-electron chi connectivity index (χ0n) is 21.6. The Bertz CT molecular complexity index is 1460. The Labute approximate surface area is 236 Å². The summed E-state index contributed by atoms with van der Waals surface area (Å²) in [5.74, 6) is 0.277. The summed E-state index contributed by atoms with van der Waals surface area (Å²) in [4.78, 5) is 21.1. The van der Waals surface area contributed by atoms with E-state index in [1.807, 2.05) is 6.92 Å². The summed E-state index contributed by atoms with van der Waals surface area (Å²) in [6, 6.07) is 5.08. The zero-order chi connectivity index (χ0) is 28.9. The van der Waals surface area contributed by atoms with Crippen LogP contribution in [0.25, 0.3) is 11.1 Å². The molecule has 1 atom stereocenters. The number of ether oxygens (including phenoxy) is 2. The summed E-state index contributed by atoms with van der Waals surface area (Å²) in [5, 5.41) is 27.7. The molecule has 1 aliphatic rings. The maximum absolute atomic E-state index is 13.1. The number of alkyl halides is 2. The molecule has 41 heavy (non-hydrogen) atoms. The average Bonchev–Trinajstić information content (AvgIpc) is 3.60. The number of hydrogen-bond donors (Lipinski definition) is 2. The molecule has 1 amide bonds. The topological polar surface area (TPSA) is 158 Å². The van der Waals surface area contributed by atoms with Gasteiger partial charge < -0.3 is 24.8 Å². The molecule has 3 aromatic heterocycles. The maximum Gasteiger partial charge on any atom is 0.407 e. The minimum Gasteiger partial charge on any atom is -0.487 e. The number of likely N-dealkylation sites (tertiary alicyclic amines) is 1. The van der Waals surface area contributed by atoms with Crippen molar-refractivity contribution in [2.45, 2.75) is 45.1 Å². The predicted octanol–water partition coefficient (Wildman–Crippen LogP) is 4.11. The molecule has 1 unspecified atom stereocenters. The van der Waals surface area contributed by atoms with Gasteiger partial charge >= 0.3 is 12.7 Å². The van der Waals surface area contributed by atoms with Crippen molar-refractivity contribution in [3.05, 3.63) is 48.1 Å². The molecule has 0 radical (unpaired) electrons. The largest absolute Gasteiger partial charge is 0.487 e. The van der Waals surface area contributed by atoms with E-state index in [1.54, 1.807) is 35.3 Å². The van der Waals surface area contributed by atoms with Crippen molar-refractivity contribution >= 4 is 29.3 Å². The van der Waals surface area contributed by atoms with Crippen LogP contribution < -0.4 is 14.8 Å². The highest BCUT2D eigenvalue weighted by atomic mass is 35.5. The number of hydrogen-bond acceptors (Lipinski definition) is 10. The Morgan fingerprint density at radius 2 is 1.95 bits per heavy atom. The number of nitrogens with one attached hydrogen (secondary N) is 1. The minimum atomic E-state index is -3.09. The fourth-order valence-corrected chi connectivity index (χ4v) is 4.52. The number of anilines is 2. The molecule has 2 N–H and O–H groups in total. The van der Waals surface area contributed by atoms with Crippen LogP contribution in [-0.2, 0) is 6.54 Å². The molecule has 14 nitrogen and oxygen atoms in total. The Hall–Kier alpha value is -4.60. The molecule has 4 aromatic rings. The minimum absolute atomic E-state index is 0.133. The molecular weight excluding hydrogens is 566 g/mol. The van der Waals surface area contributed by atoms with Crippen molar-refractivity contribution in [1.29, 1.82) is 0 Å². The number of benzene rings is 1. The number of carbonyl (C=O) groups is 1. The van der Waals surface area contributed by atoms with Gasteiger partial charge in [-0.1, -0.05) is 17.7 Å². The van der Waals surface area contributed by atoms with Crippen LogP contribution in [0, 0.1) is 0 Å². The average molecular weight is 591 g/mol. The van der Waals surface area contributed by atoms with E-state index in [2.05, 4.69) is 40.6 Å². The first-order chi connectivity index (χ1) is 19.7. The number of aromatic nitrogens is 8. The number of carboxylic acid groups (broad SMARTS) is 1. The number of piperidine rings is 1. The maximum atomic E-state index is 13.1. The van der Waals surface area contributed by atoms with Gasteiger partial charge in [-0.2, -0.15) is 8.78 Å². The fourth-order valence-electron chi connectivity index (χ4n) is 4.36. The van der Waals surface area contributed by atoms with E-state index in [0.29, 0.717) is 48.8 Å². The normalized spacial score (nSPS) is 14.7. The van der Waals surface area contributed by atoms with Gasteiger partial charge in [0.2, 0.25) is 5.95 Å². The fraction of sp³-hybridized carbons (Fsp3) is 0.375. The molecule has 17 heteroatoms. The van der Waals surface area contributed by atoms with E-state index in [-0.39, 0.29) is 29.7 Å². The number of halogens is 3. The summed E-state index contributed by atoms with van der Waals surface area (Å²) in [6.45, 7) is -0.178. The van der Waals surface area contributed by atoms with E-state index in [4.69, 9.17) is 21.4 Å². The summed E-state index contributed by atoms with van der Waals surface area (Å²) in [5.41, 5.74) is 1.56. The number of tetrazole rings is 1. The van der Waals surface area contributed by atoms with Crippen molar-refractivity contribution in [1.82, 2.24) is 44.9 Å². The second kappa shape index (κ2) is 12.3. The van der Waals surface area contributed by atoms with Crippen molar-refractivity contribution in [2.24, 2.45) is 0 Å². The molecule has 1 saturated heterocycles. The van der Waals surface area contributed by atoms with Crippen molar-refractivity contribution in [3.63, 3.8) is 0 Å². The Morgan fingerprint density at radius 3 is 2.61 bits per heavy atom. The predicted molar refractivity (Wildman–Crippen MR) is 140 cm³/mol. The van der Waals surface area contributed by atoms with Crippen molar-refractivity contribution in [2.75, 3.05) is 18.4 Å². The van der Waals surface area contributed by atoms with E-state index < -0.39 is 12.7 Å². The van der Waals surface area contributed by atoms with Gasteiger partial charge in [0.25, 0.3) is 5.88 Å². The lowest BCUT2D eigenvalue weighted by Gasteiger charge is -2.29. The van der Waals surface area contributed by atoms with Crippen molar-refractivity contribution < 1.29 is 28.2 Å². The summed E-state index contributed by atoms with van der Waals surface area (Å²) in [6.07, 6.45) is 5.83. The third-order valence-corrected chi connectivity index (χ3v) is 6.65. The second-order valence-corrected chi connectivity index (χ2v) is 9.64. The highest BCUT2D eigenvalue weighted by molar-refractivity contribution is 6.32. The van der Waals surface area contributed by atoms with Crippen LogP contribution in [0.1, 0.15) is 25.8 Å². The summed E-state index contributed by atoms with van der Waals surface area (Å²) >= 11 is 6.34. The first-order valence-electron chi connectivity index (χ1n) is 12.5. The highest BCUT2D eigenvalue weighted by Gasteiger charge is 2.26. The standard InChI is InChI=1S/C24H25ClF2N10O4/c1-14(11-36-13-30-33-34-36)40-20-8-15(2-3-18(20)25)16-9-28-23(29-10-16)31-19-12-37(32-21(19)41-22(26)27)17-4-6-35(7-5-17)24(38)39/h2-3,8-10,12-14,17,22H,4-7,11H2,1H3,(H,38,39)(H,28,29,31). The summed E-state index contributed by atoms with van der Waals surface area (Å²) in [7, 11) is 0. The molecule has 0 spiro atoms. The molecule has 4 heterocycles. The highest BCUT2D eigenvalue weighted by Crippen LogP contribution is 2.33. The molecule has 216 valence electrons. The zero-order valence-corrected chi connectivity index (χ0v) is 22.4. The number of amides is 1. The van der Waals surface area contributed by atoms with Crippen LogP contribution >= 0.6 is 11.6 Å². The van der Waals surface area contributed by atoms with Crippen LogP contribution in [0.3, 0.4) is 0 Å². The van der Waals surface area contributed by atoms with Crippen LogP contribution in [0.4, 0.5) is 25.2 Å². The Kier molecular flexibility index (Phi) is 8.37. The smallest absolute Gasteiger partial charge is 0.407 e. The van der Waals surface area contributed by atoms with Crippen molar-refractivity contribution in [3.8, 4) is 22.8 Å². The summed E-state index contributed by atoms with van der Waals surface area (Å²) < 4.78 is 39.8. The number of nitrogens with zero attached hydrogens (tertiary/aromatic N) is 9. The lowest BCUT2D eigenvalue weighted by Crippen LogP contribution is -2.38. The second-order valence-electron chi connectivity index (χ2n) is 9.23. The molecule has 1 aliphatic heterocycles. The molecule has 0 aliphatic carbocycles. The third-order valence-electron chi connectivity index (χ3n) is 6.33. The molecule has 1 fully saturated rings. The van der Waals surface area contributed by atoms with Crippen LogP contribution in [0.15, 0.2) is 43.1 Å². The van der Waals surface area contributed by atoms with Gasteiger partial charge in [0.15, 0.2) is 0 Å². The van der Waals surface area contributed by atoms with Gasteiger partial charge in [-0.3, -0.25) is 4.68 Å². The lowest BCUT2D eigenvalue weighted by atomic mass is 10.1. The van der Waals surface area contributed by atoms with Crippen LogP contribution in [0.2, 0.25) is 5.02 Å². The molecule has 0 bridgehead atoms. The van der Waals surface area contributed by atoms with Gasteiger partial charge in [-0.05, 0) is 47.9 Å². The molecule has 0 saturated carbocycles. The van der Waals surface area contributed by atoms with Gasteiger partial charge in [-0.25, -0.2) is 19.4 Å².